The zero-order chi connectivity index (χ0) is 11.2. The summed E-state index contributed by atoms with van der Waals surface area (Å²) in [4.78, 5) is 11.2. The zero-order valence-corrected chi connectivity index (χ0v) is 10.0. The standard InChI is InChI=1S/C11H23NO2/c1-9(2)8-12-10(13)6-7-14-11(3,4)5/h9H,6-8H2,1-5H3,(H,12,13). The van der Waals surface area contributed by atoms with E-state index >= 15 is 0 Å². The molecule has 0 aromatic rings. The van der Waals surface area contributed by atoms with Gasteiger partial charge < -0.3 is 10.1 Å². The van der Waals surface area contributed by atoms with Crippen molar-refractivity contribution in [3.8, 4) is 0 Å². The van der Waals surface area contributed by atoms with Gasteiger partial charge in [0.25, 0.3) is 0 Å². The van der Waals surface area contributed by atoms with Crippen molar-refractivity contribution in [1.82, 2.24) is 5.32 Å². The Labute approximate surface area is 87.2 Å². The third-order valence-corrected chi connectivity index (χ3v) is 1.57. The van der Waals surface area contributed by atoms with Crippen molar-refractivity contribution in [3.63, 3.8) is 0 Å². The van der Waals surface area contributed by atoms with Crippen LogP contribution < -0.4 is 5.32 Å². The maximum Gasteiger partial charge on any atom is 0.222 e. The van der Waals surface area contributed by atoms with E-state index in [0.717, 1.165) is 6.54 Å². The van der Waals surface area contributed by atoms with Crippen LogP contribution in [-0.2, 0) is 9.53 Å². The number of rotatable bonds is 5. The van der Waals surface area contributed by atoms with E-state index in [1.54, 1.807) is 0 Å². The molecule has 0 radical (unpaired) electrons. The largest absolute Gasteiger partial charge is 0.375 e. The van der Waals surface area contributed by atoms with Gasteiger partial charge in [0, 0.05) is 13.0 Å². The first kappa shape index (κ1) is 13.4. The Morgan fingerprint density at radius 2 is 1.93 bits per heavy atom. The van der Waals surface area contributed by atoms with Gasteiger partial charge in [0.15, 0.2) is 0 Å². The Morgan fingerprint density at radius 3 is 2.36 bits per heavy atom. The lowest BCUT2D eigenvalue weighted by molar-refractivity contribution is -0.123. The molecule has 84 valence electrons. The zero-order valence-electron chi connectivity index (χ0n) is 10.0. The molecule has 0 aliphatic heterocycles. The van der Waals surface area contributed by atoms with Gasteiger partial charge in [-0.2, -0.15) is 0 Å². The second kappa shape index (κ2) is 6.02. The van der Waals surface area contributed by atoms with Crippen molar-refractivity contribution < 1.29 is 9.53 Å². The molecule has 3 heteroatoms. The average molecular weight is 201 g/mol. The molecule has 0 heterocycles. The summed E-state index contributed by atoms with van der Waals surface area (Å²) in [7, 11) is 0. The van der Waals surface area contributed by atoms with Gasteiger partial charge in [0.2, 0.25) is 5.91 Å². The molecule has 0 bridgehead atoms. The predicted octanol–water partition coefficient (Wildman–Crippen LogP) is 1.96. The summed E-state index contributed by atoms with van der Waals surface area (Å²) in [5, 5.41) is 2.85. The molecule has 1 amide bonds. The molecule has 0 fully saturated rings. The summed E-state index contributed by atoms with van der Waals surface area (Å²) in [6, 6.07) is 0. The van der Waals surface area contributed by atoms with Crippen molar-refractivity contribution >= 4 is 5.91 Å². The first-order valence-corrected chi connectivity index (χ1v) is 5.22. The summed E-state index contributed by atoms with van der Waals surface area (Å²) in [6.07, 6.45) is 0.448. The van der Waals surface area contributed by atoms with Crippen LogP contribution in [0.1, 0.15) is 41.0 Å². The van der Waals surface area contributed by atoms with Crippen molar-refractivity contribution in [2.75, 3.05) is 13.2 Å². The maximum atomic E-state index is 11.2. The van der Waals surface area contributed by atoms with Crippen LogP contribution in [-0.4, -0.2) is 24.7 Å². The minimum Gasteiger partial charge on any atom is -0.375 e. The molecule has 0 atom stereocenters. The van der Waals surface area contributed by atoms with Gasteiger partial charge in [-0.3, -0.25) is 4.79 Å². The number of hydrogen-bond acceptors (Lipinski definition) is 2. The lowest BCUT2D eigenvalue weighted by Gasteiger charge is -2.19. The minimum atomic E-state index is -0.154. The number of ether oxygens (including phenoxy) is 1. The van der Waals surface area contributed by atoms with E-state index in [0.29, 0.717) is 18.9 Å². The Balaban J connectivity index is 3.46. The van der Waals surface area contributed by atoms with E-state index in [-0.39, 0.29) is 11.5 Å². The van der Waals surface area contributed by atoms with E-state index in [4.69, 9.17) is 4.74 Å². The SMILES string of the molecule is CC(C)CNC(=O)CCOC(C)(C)C. The third-order valence-electron chi connectivity index (χ3n) is 1.57. The molecular formula is C11H23NO2. The molecular weight excluding hydrogens is 178 g/mol. The van der Waals surface area contributed by atoms with Gasteiger partial charge in [-0.1, -0.05) is 13.8 Å². The Morgan fingerprint density at radius 1 is 1.36 bits per heavy atom. The van der Waals surface area contributed by atoms with Gasteiger partial charge in [0.05, 0.1) is 12.2 Å². The summed E-state index contributed by atoms with van der Waals surface area (Å²) in [5.41, 5.74) is -0.154. The topological polar surface area (TPSA) is 38.3 Å². The van der Waals surface area contributed by atoms with E-state index in [9.17, 15) is 4.79 Å². The average Bonchev–Trinajstić information content (AvgIpc) is 1.98. The molecule has 0 rings (SSSR count). The molecule has 0 aromatic heterocycles. The maximum absolute atomic E-state index is 11.2. The molecule has 0 unspecified atom stereocenters. The monoisotopic (exact) mass is 201 g/mol. The summed E-state index contributed by atoms with van der Waals surface area (Å²) in [5.74, 6) is 0.574. The number of nitrogens with one attached hydrogen (secondary N) is 1. The minimum absolute atomic E-state index is 0.0722. The molecule has 3 nitrogen and oxygen atoms in total. The van der Waals surface area contributed by atoms with E-state index in [1.807, 2.05) is 20.8 Å². The Hall–Kier alpha value is -0.570. The van der Waals surface area contributed by atoms with Gasteiger partial charge in [-0.05, 0) is 26.7 Å². The third kappa shape index (κ3) is 9.52. The number of carbonyl (C=O) groups excluding carboxylic acids is 1. The fourth-order valence-corrected chi connectivity index (χ4v) is 0.856. The smallest absolute Gasteiger partial charge is 0.222 e. The first-order chi connectivity index (χ1) is 6.31. The number of amides is 1. The highest BCUT2D eigenvalue weighted by atomic mass is 16.5. The molecule has 14 heavy (non-hydrogen) atoms. The molecule has 0 spiro atoms. The Bertz CT molecular complexity index is 171. The van der Waals surface area contributed by atoms with Gasteiger partial charge >= 0.3 is 0 Å². The van der Waals surface area contributed by atoms with Crippen LogP contribution in [0.15, 0.2) is 0 Å². The highest BCUT2D eigenvalue weighted by molar-refractivity contribution is 5.75. The quantitative estimate of drug-likeness (QED) is 0.738. The number of hydrogen-bond donors (Lipinski definition) is 1. The van der Waals surface area contributed by atoms with Gasteiger partial charge in [-0.25, -0.2) is 0 Å². The van der Waals surface area contributed by atoms with Crippen LogP contribution in [0.4, 0.5) is 0 Å². The fraction of sp³-hybridized carbons (Fsp3) is 0.909. The molecule has 1 N–H and O–H groups in total. The van der Waals surface area contributed by atoms with Crippen LogP contribution >= 0.6 is 0 Å². The summed E-state index contributed by atoms with van der Waals surface area (Å²) < 4.78 is 5.45. The van der Waals surface area contributed by atoms with Crippen molar-refractivity contribution in [3.05, 3.63) is 0 Å². The van der Waals surface area contributed by atoms with E-state index in [2.05, 4.69) is 19.2 Å². The molecule has 0 saturated heterocycles. The normalized spacial score (nSPS) is 11.9. The van der Waals surface area contributed by atoms with Crippen molar-refractivity contribution in [1.29, 1.82) is 0 Å². The lowest BCUT2D eigenvalue weighted by atomic mass is 10.2. The highest BCUT2D eigenvalue weighted by Crippen LogP contribution is 2.06. The summed E-state index contributed by atoms with van der Waals surface area (Å²) >= 11 is 0. The molecule has 0 aliphatic carbocycles. The van der Waals surface area contributed by atoms with E-state index < -0.39 is 0 Å². The predicted molar refractivity (Wildman–Crippen MR) is 58.2 cm³/mol. The first-order valence-electron chi connectivity index (χ1n) is 5.22. The molecule has 0 saturated carbocycles. The van der Waals surface area contributed by atoms with Crippen molar-refractivity contribution in [2.45, 2.75) is 46.6 Å². The van der Waals surface area contributed by atoms with Crippen LogP contribution in [0.5, 0.6) is 0 Å². The van der Waals surface area contributed by atoms with E-state index in [1.165, 1.54) is 0 Å². The lowest BCUT2D eigenvalue weighted by Crippen LogP contribution is -2.29. The van der Waals surface area contributed by atoms with Gasteiger partial charge in [0.1, 0.15) is 0 Å². The second-order valence-corrected chi connectivity index (χ2v) is 4.91. The summed E-state index contributed by atoms with van der Waals surface area (Å²) in [6.45, 7) is 11.3. The molecule has 0 aromatic carbocycles. The highest BCUT2D eigenvalue weighted by Gasteiger charge is 2.10. The van der Waals surface area contributed by atoms with Crippen LogP contribution in [0, 0.1) is 5.92 Å². The van der Waals surface area contributed by atoms with Crippen LogP contribution in [0.2, 0.25) is 0 Å². The fourth-order valence-electron chi connectivity index (χ4n) is 0.856. The van der Waals surface area contributed by atoms with Crippen LogP contribution in [0.3, 0.4) is 0 Å². The number of carbonyl (C=O) groups is 1. The molecule has 0 aliphatic rings. The second-order valence-electron chi connectivity index (χ2n) is 4.91. The Kier molecular flexibility index (Phi) is 5.77. The van der Waals surface area contributed by atoms with Crippen LogP contribution in [0.25, 0.3) is 0 Å². The van der Waals surface area contributed by atoms with Gasteiger partial charge in [-0.15, -0.1) is 0 Å². The van der Waals surface area contributed by atoms with Crippen molar-refractivity contribution in [2.24, 2.45) is 5.92 Å².